The van der Waals surface area contributed by atoms with E-state index in [1.165, 1.54) is 16.7 Å². The summed E-state index contributed by atoms with van der Waals surface area (Å²) >= 11 is 6.39. The van der Waals surface area contributed by atoms with E-state index in [0.29, 0.717) is 9.23 Å². The summed E-state index contributed by atoms with van der Waals surface area (Å²) in [6.45, 7) is 0.101. The molecule has 3 rings (SSSR count). The highest BCUT2D eigenvalue weighted by atomic mass is 32.2. The van der Waals surface area contributed by atoms with Crippen molar-refractivity contribution in [3.05, 3.63) is 65.1 Å². The van der Waals surface area contributed by atoms with Crippen molar-refractivity contribution in [1.29, 1.82) is 0 Å². The molecule has 2 aromatic carbocycles. The summed E-state index contributed by atoms with van der Waals surface area (Å²) in [7, 11) is 0. The fourth-order valence-corrected chi connectivity index (χ4v) is 3.76. The fraction of sp³-hybridized carbons (Fsp3) is 0.105. The zero-order valence-electron chi connectivity index (χ0n) is 13.2. The molecule has 1 amide bonds. The molecule has 0 radical (unpaired) electrons. The van der Waals surface area contributed by atoms with Crippen LogP contribution in [-0.4, -0.2) is 32.7 Å². The van der Waals surface area contributed by atoms with E-state index < -0.39 is 5.97 Å². The Morgan fingerprint density at radius 3 is 2.36 bits per heavy atom. The summed E-state index contributed by atoms with van der Waals surface area (Å²) in [4.78, 5) is 24.9. The van der Waals surface area contributed by atoms with Crippen LogP contribution in [0.5, 0.6) is 0 Å². The third-order valence-corrected chi connectivity index (χ3v) is 5.12. The Labute approximate surface area is 155 Å². The van der Waals surface area contributed by atoms with Crippen molar-refractivity contribution in [2.75, 3.05) is 6.54 Å². The SMILES string of the molecule is O=C(O)CCN1C(=O)/C(=C\c2ccc(-c3ccccc3)cc2)SC1=S. The van der Waals surface area contributed by atoms with Crippen LogP contribution in [0.25, 0.3) is 17.2 Å². The van der Waals surface area contributed by atoms with Gasteiger partial charge < -0.3 is 5.11 Å². The highest BCUT2D eigenvalue weighted by Gasteiger charge is 2.31. The van der Waals surface area contributed by atoms with Crippen molar-refractivity contribution in [2.24, 2.45) is 0 Å². The molecule has 2 aromatic rings. The van der Waals surface area contributed by atoms with Gasteiger partial charge in [-0.1, -0.05) is 78.6 Å². The van der Waals surface area contributed by atoms with Gasteiger partial charge in [0, 0.05) is 6.54 Å². The Morgan fingerprint density at radius 1 is 1.08 bits per heavy atom. The standard InChI is InChI=1S/C19H15NO3S2/c21-17(22)10-11-20-18(23)16(25-19(20)24)12-13-6-8-15(9-7-13)14-4-2-1-3-5-14/h1-9,12H,10-11H2,(H,21,22)/b16-12+. The monoisotopic (exact) mass is 369 g/mol. The topological polar surface area (TPSA) is 57.6 Å². The maximum atomic E-state index is 12.4. The first-order valence-corrected chi connectivity index (χ1v) is 8.90. The Bertz CT molecular complexity index is 845. The molecule has 4 nitrogen and oxygen atoms in total. The summed E-state index contributed by atoms with van der Waals surface area (Å²) < 4.78 is 0.401. The zero-order chi connectivity index (χ0) is 17.8. The lowest BCUT2D eigenvalue weighted by Gasteiger charge is -2.12. The first kappa shape index (κ1) is 17.4. The second-order valence-corrected chi connectivity index (χ2v) is 7.14. The molecule has 0 aliphatic carbocycles. The van der Waals surface area contributed by atoms with Gasteiger partial charge >= 0.3 is 5.97 Å². The highest BCUT2D eigenvalue weighted by molar-refractivity contribution is 8.26. The number of carbonyl (C=O) groups excluding carboxylic acids is 1. The number of aliphatic carboxylic acids is 1. The Morgan fingerprint density at radius 2 is 1.72 bits per heavy atom. The van der Waals surface area contributed by atoms with Crippen LogP contribution in [0, 0.1) is 0 Å². The van der Waals surface area contributed by atoms with Crippen LogP contribution in [-0.2, 0) is 9.59 Å². The maximum absolute atomic E-state index is 12.4. The van der Waals surface area contributed by atoms with Crippen LogP contribution >= 0.6 is 24.0 Å². The van der Waals surface area contributed by atoms with Crippen molar-refractivity contribution in [3.63, 3.8) is 0 Å². The molecule has 126 valence electrons. The molecule has 0 bridgehead atoms. The summed E-state index contributed by atoms with van der Waals surface area (Å²) in [5, 5.41) is 8.76. The number of rotatable bonds is 5. The summed E-state index contributed by atoms with van der Waals surface area (Å²) in [6.07, 6.45) is 1.67. The second kappa shape index (κ2) is 7.63. The van der Waals surface area contributed by atoms with Gasteiger partial charge in [0.2, 0.25) is 0 Å². The Hall–Kier alpha value is -2.44. The van der Waals surface area contributed by atoms with Gasteiger partial charge in [-0.2, -0.15) is 0 Å². The van der Waals surface area contributed by atoms with E-state index in [1.54, 1.807) is 6.08 Å². The van der Waals surface area contributed by atoms with Gasteiger partial charge in [0.1, 0.15) is 4.32 Å². The minimum atomic E-state index is -0.950. The highest BCUT2D eigenvalue weighted by Crippen LogP contribution is 2.33. The number of benzene rings is 2. The molecule has 1 heterocycles. The lowest BCUT2D eigenvalue weighted by atomic mass is 10.0. The van der Waals surface area contributed by atoms with E-state index in [1.807, 2.05) is 54.6 Å². The van der Waals surface area contributed by atoms with Crippen molar-refractivity contribution in [3.8, 4) is 11.1 Å². The molecule has 0 spiro atoms. The summed E-state index contributed by atoms with van der Waals surface area (Å²) in [6, 6.07) is 18.0. The predicted octanol–water partition coefficient (Wildman–Crippen LogP) is 4.03. The third-order valence-electron chi connectivity index (χ3n) is 3.74. The molecule has 1 fully saturated rings. The number of nitrogens with zero attached hydrogens (tertiary/aromatic N) is 1. The summed E-state index contributed by atoms with van der Waals surface area (Å²) in [5.41, 5.74) is 3.14. The minimum absolute atomic E-state index is 0.101. The Balaban J connectivity index is 1.76. The Kier molecular flexibility index (Phi) is 5.31. The van der Waals surface area contributed by atoms with Crippen molar-refractivity contribution >= 4 is 46.3 Å². The number of thioether (sulfide) groups is 1. The van der Waals surface area contributed by atoms with Crippen molar-refractivity contribution in [1.82, 2.24) is 4.90 Å². The number of carboxylic acid groups (broad SMARTS) is 1. The van der Waals surface area contributed by atoms with Crippen LogP contribution in [0.4, 0.5) is 0 Å². The molecule has 0 unspecified atom stereocenters. The molecular formula is C19H15NO3S2. The molecule has 0 aromatic heterocycles. The number of hydrogen-bond acceptors (Lipinski definition) is 4. The third kappa shape index (κ3) is 4.15. The number of carbonyl (C=O) groups is 2. The lowest BCUT2D eigenvalue weighted by Crippen LogP contribution is -2.30. The van der Waals surface area contributed by atoms with E-state index >= 15 is 0 Å². The molecular weight excluding hydrogens is 354 g/mol. The number of thiocarbonyl (C=S) groups is 1. The quantitative estimate of drug-likeness (QED) is 0.637. The van der Waals surface area contributed by atoms with Gasteiger partial charge in [0.25, 0.3) is 5.91 Å². The smallest absolute Gasteiger partial charge is 0.305 e. The van der Waals surface area contributed by atoms with Crippen LogP contribution in [0.15, 0.2) is 59.5 Å². The molecule has 1 N–H and O–H groups in total. The van der Waals surface area contributed by atoms with E-state index in [9.17, 15) is 9.59 Å². The van der Waals surface area contributed by atoms with Gasteiger partial charge in [0.05, 0.1) is 11.3 Å². The molecule has 1 aliphatic heterocycles. The van der Waals surface area contributed by atoms with E-state index in [4.69, 9.17) is 17.3 Å². The van der Waals surface area contributed by atoms with Gasteiger partial charge in [-0.05, 0) is 22.8 Å². The van der Waals surface area contributed by atoms with Gasteiger partial charge in [0.15, 0.2) is 0 Å². The first-order valence-electron chi connectivity index (χ1n) is 7.67. The molecule has 1 aliphatic rings. The van der Waals surface area contributed by atoms with Crippen LogP contribution in [0.2, 0.25) is 0 Å². The number of amides is 1. The van der Waals surface area contributed by atoms with Crippen molar-refractivity contribution < 1.29 is 14.7 Å². The van der Waals surface area contributed by atoms with Gasteiger partial charge in [-0.3, -0.25) is 14.5 Å². The van der Waals surface area contributed by atoms with Crippen LogP contribution in [0.3, 0.4) is 0 Å². The number of hydrogen-bond donors (Lipinski definition) is 1. The molecule has 1 saturated heterocycles. The van der Waals surface area contributed by atoms with Crippen LogP contribution < -0.4 is 0 Å². The van der Waals surface area contributed by atoms with E-state index in [-0.39, 0.29) is 18.9 Å². The van der Waals surface area contributed by atoms with Crippen molar-refractivity contribution in [2.45, 2.75) is 6.42 Å². The average molecular weight is 369 g/mol. The fourth-order valence-electron chi connectivity index (χ4n) is 2.45. The molecule has 0 saturated carbocycles. The second-order valence-electron chi connectivity index (χ2n) is 5.47. The number of carboxylic acids is 1. The minimum Gasteiger partial charge on any atom is -0.481 e. The largest absolute Gasteiger partial charge is 0.481 e. The molecule has 0 atom stereocenters. The molecule has 6 heteroatoms. The summed E-state index contributed by atoms with van der Waals surface area (Å²) in [5.74, 6) is -1.18. The van der Waals surface area contributed by atoms with E-state index in [2.05, 4.69) is 0 Å². The molecule has 25 heavy (non-hydrogen) atoms. The predicted molar refractivity (Wildman–Crippen MR) is 104 cm³/mol. The zero-order valence-corrected chi connectivity index (χ0v) is 14.8. The van der Waals surface area contributed by atoms with Crippen LogP contribution in [0.1, 0.15) is 12.0 Å². The van der Waals surface area contributed by atoms with E-state index in [0.717, 1.165) is 16.7 Å². The van der Waals surface area contributed by atoms with Gasteiger partial charge in [-0.15, -0.1) is 0 Å². The normalized spacial score (nSPS) is 15.8. The van der Waals surface area contributed by atoms with Gasteiger partial charge in [-0.25, -0.2) is 0 Å². The first-order chi connectivity index (χ1) is 12.0. The maximum Gasteiger partial charge on any atom is 0.305 e. The average Bonchev–Trinajstić information content (AvgIpc) is 2.88. The lowest BCUT2D eigenvalue weighted by molar-refractivity contribution is -0.137.